The lowest BCUT2D eigenvalue weighted by molar-refractivity contribution is 0.350. The molecule has 0 aliphatic carbocycles. The molecule has 0 aromatic rings. The molecule has 1 saturated heterocycles. The minimum absolute atomic E-state index is 0. The van der Waals surface area contributed by atoms with Gasteiger partial charge in [-0.1, -0.05) is 52.4 Å². The first-order chi connectivity index (χ1) is 6.84. The Morgan fingerprint density at radius 2 is 1.93 bits per heavy atom. The molecule has 15 heavy (non-hydrogen) atoms. The van der Waals surface area contributed by atoms with Crippen LogP contribution in [0.5, 0.6) is 0 Å². The van der Waals surface area contributed by atoms with Crippen molar-refractivity contribution < 1.29 is 0 Å². The highest BCUT2D eigenvalue weighted by molar-refractivity contribution is 14.0. The lowest BCUT2D eigenvalue weighted by Gasteiger charge is -2.17. The van der Waals surface area contributed by atoms with Crippen molar-refractivity contribution in [1.82, 2.24) is 5.32 Å². The van der Waals surface area contributed by atoms with Crippen LogP contribution in [-0.2, 0) is 0 Å². The third kappa shape index (κ3) is 6.77. The van der Waals surface area contributed by atoms with Crippen LogP contribution in [0.4, 0.5) is 0 Å². The lowest BCUT2D eigenvalue weighted by atomic mass is 9.88. The highest BCUT2D eigenvalue weighted by Crippen LogP contribution is 2.23. The summed E-state index contributed by atoms with van der Waals surface area (Å²) in [5.41, 5.74) is 0. The van der Waals surface area contributed by atoms with Crippen molar-refractivity contribution in [2.75, 3.05) is 13.1 Å². The maximum absolute atomic E-state index is 3.46. The van der Waals surface area contributed by atoms with Gasteiger partial charge < -0.3 is 5.32 Å². The van der Waals surface area contributed by atoms with Gasteiger partial charge >= 0.3 is 0 Å². The minimum atomic E-state index is 0. The van der Waals surface area contributed by atoms with E-state index in [1.807, 2.05) is 0 Å². The maximum Gasteiger partial charge on any atom is -0.00175 e. The fourth-order valence-corrected chi connectivity index (χ4v) is 2.47. The third-order valence-electron chi connectivity index (χ3n) is 3.67. The van der Waals surface area contributed by atoms with Gasteiger partial charge in [-0.3, -0.25) is 0 Å². The number of rotatable bonds is 7. The van der Waals surface area contributed by atoms with Gasteiger partial charge in [-0.25, -0.2) is 0 Å². The van der Waals surface area contributed by atoms with E-state index >= 15 is 0 Å². The highest BCUT2D eigenvalue weighted by atomic mass is 127. The van der Waals surface area contributed by atoms with Gasteiger partial charge in [-0.05, 0) is 31.3 Å². The Labute approximate surface area is 113 Å². The van der Waals surface area contributed by atoms with Crippen LogP contribution in [0.2, 0.25) is 0 Å². The van der Waals surface area contributed by atoms with Crippen LogP contribution < -0.4 is 5.32 Å². The molecule has 0 spiro atoms. The maximum atomic E-state index is 3.46. The summed E-state index contributed by atoms with van der Waals surface area (Å²) in [5, 5.41) is 3.46. The average molecular weight is 325 g/mol. The van der Waals surface area contributed by atoms with Crippen molar-refractivity contribution in [3.05, 3.63) is 0 Å². The van der Waals surface area contributed by atoms with Crippen LogP contribution in [0.15, 0.2) is 0 Å². The standard InChI is InChI=1S/C13H27N.HI/c1-3-4-5-6-7-8-12(2)13-9-10-14-11-13;/h12-14H,3-11H2,1-2H3;1H. The first-order valence-corrected chi connectivity index (χ1v) is 6.55. The van der Waals surface area contributed by atoms with Gasteiger partial charge in [-0.2, -0.15) is 0 Å². The first kappa shape index (κ1) is 15.7. The summed E-state index contributed by atoms with van der Waals surface area (Å²) in [6.45, 7) is 7.26. The molecule has 2 unspecified atom stereocenters. The highest BCUT2D eigenvalue weighted by Gasteiger charge is 2.20. The molecule has 1 nitrogen and oxygen atoms in total. The van der Waals surface area contributed by atoms with Crippen molar-refractivity contribution in [2.45, 2.75) is 58.8 Å². The third-order valence-corrected chi connectivity index (χ3v) is 3.67. The SMILES string of the molecule is CCCCCCCC(C)C1CCNC1.I. The molecule has 1 heterocycles. The van der Waals surface area contributed by atoms with Gasteiger partial charge in [0.15, 0.2) is 0 Å². The summed E-state index contributed by atoms with van der Waals surface area (Å²) in [6.07, 6.45) is 10.0. The number of unbranched alkanes of at least 4 members (excludes halogenated alkanes) is 4. The number of halogens is 1. The summed E-state index contributed by atoms with van der Waals surface area (Å²) >= 11 is 0. The predicted molar refractivity (Wildman–Crippen MR) is 78.9 cm³/mol. The normalized spacial score (nSPS) is 22.4. The summed E-state index contributed by atoms with van der Waals surface area (Å²) < 4.78 is 0. The quantitative estimate of drug-likeness (QED) is 0.546. The second-order valence-electron chi connectivity index (χ2n) is 4.93. The molecule has 2 heteroatoms. The van der Waals surface area contributed by atoms with E-state index in [1.54, 1.807) is 0 Å². The van der Waals surface area contributed by atoms with E-state index in [0.717, 1.165) is 11.8 Å². The van der Waals surface area contributed by atoms with Crippen LogP contribution >= 0.6 is 24.0 Å². The van der Waals surface area contributed by atoms with Crippen molar-refractivity contribution in [3.63, 3.8) is 0 Å². The molecule has 1 rings (SSSR count). The molecule has 0 bridgehead atoms. The summed E-state index contributed by atoms with van der Waals surface area (Å²) in [4.78, 5) is 0. The Balaban J connectivity index is 0.00000196. The number of hydrogen-bond donors (Lipinski definition) is 1. The van der Waals surface area contributed by atoms with Gasteiger partial charge in [0.25, 0.3) is 0 Å². The van der Waals surface area contributed by atoms with Gasteiger partial charge in [0.05, 0.1) is 0 Å². The molecule has 92 valence electrons. The molecule has 1 N–H and O–H groups in total. The van der Waals surface area contributed by atoms with Gasteiger partial charge in [0, 0.05) is 0 Å². The average Bonchev–Trinajstić information content (AvgIpc) is 2.70. The van der Waals surface area contributed by atoms with E-state index in [0.29, 0.717) is 0 Å². The molecule has 1 aliphatic heterocycles. The zero-order valence-corrected chi connectivity index (χ0v) is 12.8. The van der Waals surface area contributed by atoms with Crippen LogP contribution in [0.3, 0.4) is 0 Å². The Hall–Kier alpha value is 0.690. The molecule has 1 aliphatic rings. The van der Waals surface area contributed by atoms with Crippen molar-refractivity contribution >= 4 is 24.0 Å². The van der Waals surface area contributed by atoms with Crippen molar-refractivity contribution in [1.29, 1.82) is 0 Å². The minimum Gasteiger partial charge on any atom is -0.316 e. The molecular formula is C13H28IN. The molecule has 0 saturated carbocycles. The van der Waals surface area contributed by atoms with E-state index in [9.17, 15) is 0 Å². The molecule has 2 atom stereocenters. The van der Waals surface area contributed by atoms with E-state index < -0.39 is 0 Å². The smallest absolute Gasteiger partial charge is 0.00175 e. The van der Waals surface area contributed by atoms with E-state index in [4.69, 9.17) is 0 Å². The Kier molecular flexibility index (Phi) is 10.3. The number of nitrogens with one attached hydrogen (secondary N) is 1. The zero-order chi connectivity index (χ0) is 10.2. The van der Waals surface area contributed by atoms with E-state index in [2.05, 4.69) is 19.2 Å². The largest absolute Gasteiger partial charge is 0.316 e. The Morgan fingerprint density at radius 3 is 2.53 bits per heavy atom. The topological polar surface area (TPSA) is 12.0 Å². The first-order valence-electron chi connectivity index (χ1n) is 6.55. The summed E-state index contributed by atoms with van der Waals surface area (Å²) in [6, 6.07) is 0. The summed E-state index contributed by atoms with van der Waals surface area (Å²) in [5.74, 6) is 1.92. The molecule has 0 aromatic heterocycles. The molecule has 1 fully saturated rings. The second kappa shape index (κ2) is 9.88. The van der Waals surface area contributed by atoms with Gasteiger partial charge in [0.2, 0.25) is 0 Å². The van der Waals surface area contributed by atoms with E-state index in [-0.39, 0.29) is 24.0 Å². The van der Waals surface area contributed by atoms with Gasteiger partial charge in [-0.15, -0.1) is 24.0 Å². The zero-order valence-electron chi connectivity index (χ0n) is 10.4. The van der Waals surface area contributed by atoms with Crippen molar-refractivity contribution in [2.24, 2.45) is 11.8 Å². The van der Waals surface area contributed by atoms with Crippen LogP contribution in [0, 0.1) is 11.8 Å². The fraction of sp³-hybridized carbons (Fsp3) is 1.00. The number of hydrogen-bond acceptors (Lipinski definition) is 1. The van der Waals surface area contributed by atoms with Crippen molar-refractivity contribution in [3.8, 4) is 0 Å². The molecular weight excluding hydrogens is 297 g/mol. The van der Waals surface area contributed by atoms with E-state index in [1.165, 1.54) is 58.0 Å². The molecule has 0 radical (unpaired) electrons. The fourth-order valence-electron chi connectivity index (χ4n) is 2.47. The van der Waals surface area contributed by atoms with Crippen LogP contribution in [0.1, 0.15) is 58.8 Å². The summed E-state index contributed by atoms with van der Waals surface area (Å²) in [7, 11) is 0. The lowest BCUT2D eigenvalue weighted by Crippen LogP contribution is -2.15. The van der Waals surface area contributed by atoms with Gasteiger partial charge in [0.1, 0.15) is 0 Å². The van der Waals surface area contributed by atoms with Crippen LogP contribution in [-0.4, -0.2) is 13.1 Å². The Bertz CT molecular complexity index is 132. The molecule has 0 aromatic carbocycles. The molecule has 0 amide bonds. The Morgan fingerprint density at radius 1 is 1.20 bits per heavy atom. The monoisotopic (exact) mass is 325 g/mol. The predicted octanol–water partition coefficient (Wildman–Crippen LogP) is 4.21. The van der Waals surface area contributed by atoms with Crippen LogP contribution in [0.25, 0.3) is 0 Å². The second-order valence-corrected chi connectivity index (χ2v) is 4.93.